The van der Waals surface area contributed by atoms with E-state index in [1.54, 1.807) is 0 Å². The first kappa shape index (κ1) is 12.9. The minimum absolute atomic E-state index is 0.108. The summed E-state index contributed by atoms with van der Waals surface area (Å²) in [6.45, 7) is 5.31. The molecule has 0 rings (SSSR count). The van der Waals surface area contributed by atoms with Crippen LogP contribution in [-0.2, 0) is 19.0 Å². The molecule has 0 aliphatic carbocycles. The molecule has 13 heavy (non-hydrogen) atoms. The fourth-order valence-corrected chi connectivity index (χ4v) is 1.04. The Labute approximate surface area is 80.4 Å². The fourth-order valence-electron chi connectivity index (χ4n) is 0.665. The van der Waals surface area contributed by atoms with Crippen LogP contribution < -0.4 is 0 Å². The summed E-state index contributed by atoms with van der Waals surface area (Å²) in [5, 5.41) is 0. The molecule has 80 valence electrons. The Hall–Kier alpha value is -0.130. The topological polar surface area (TPSA) is 52.6 Å². The lowest BCUT2D eigenvalue weighted by atomic mass is 10.1. The van der Waals surface area contributed by atoms with Crippen LogP contribution in [0.3, 0.4) is 0 Å². The molecular formula is C8H18O4S. The largest absolute Gasteiger partial charge is 0.379 e. The van der Waals surface area contributed by atoms with E-state index < -0.39 is 10.1 Å². The van der Waals surface area contributed by atoms with Crippen molar-refractivity contribution in [1.29, 1.82) is 0 Å². The minimum Gasteiger partial charge on any atom is -0.379 e. The van der Waals surface area contributed by atoms with Crippen LogP contribution >= 0.6 is 0 Å². The summed E-state index contributed by atoms with van der Waals surface area (Å²) < 4.78 is 30.6. The summed E-state index contributed by atoms with van der Waals surface area (Å²) in [4.78, 5) is 0. The average Bonchev–Trinajstić information content (AvgIpc) is 1.93. The Morgan fingerprint density at radius 1 is 1.15 bits per heavy atom. The predicted molar refractivity (Wildman–Crippen MR) is 51.1 cm³/mol. The highest BCUT2D eigenvalue weighted by atomic mass is 32.2. The van der Waals surface area contributed by atoms with Gasteiger partial charge in [0.2, 0.25) is 0 Å². The molecule has 4 nitrogen and oxygen atoms in total. The molecule has 0 aromatic rings. The van der Waals surface area contributed by atoms with E-state index in [1.165, 1.54) is 0 Å². The van der Waals surface area contributed by atoms with E-state index in [2.05, 4.69) is 18.0 Å². The lowest BCUT2D eigenvalue weighted by Gasteiger charge is -2.05. The van der Waals surface area contributed by atoms with E-state index in [9.17, 15) is 8.42 Å². The highest BCUT2D eigenvalue weighted by Gasteiger charge is 2.00. The molecule has 0 unspecified atom stereocenters. The van der Waals surface area contributed by atoms with E-state index >= 15 is 0 Å². The third-order valence-corrected chi connectivity index (χ3v) is 1.96. The van der Waals surface area contributed by atoms with Gasteiger partial charge in [-0.1, -0.05) is 13.8 Å². The van der Waals surface area contributed by atoms with Crippen molar-refractivity contribution < 1.29 is 17.3 Å². The molecule has 0 saturated heterocycles. The summed E-state index contributed by atoms with van der Waals surface area (Å²) in [7, 11) is -3.31. The first-order valence-corrected chi connectivity index (χ1v) is 6.15. The molecule has 5 heteroatoms. The highest BCUT2D eigenvalue weighted by molar-refractivity contribution is 7.85. The number of hydrogen-bond acceptors (Lipinski definition) is 4. The van der Waals surface area contributed by atoms with Gasteiger partial charge in [0, 0.05) is 6.61 Å². The number of hydrogen-bond donors (Lipinski definition) is 0. The molecule has 0 saturated carbocycles. The zero-order chi connectivity index (χ0) is 10.3. The SMILES string of the molecule is CC(C)CCOCCOS(C)(=O)=O. The van der Waals surface area contributed by atoms with E-state index in [-0.39, 0.29) is 6.61 Å². The van der Waals surface area contributed by atoms with Gasteiger partial charge in [0.15, 0.2) is 0 Å². The van der Waals surface area contributed by atoms with Gasteiger partial charge in [0.25, 0.3) is 10.1 Å². The summed E-state index contributed by atoms with van der Waals surface area (Å²) in [5.41, 5.74) is 0. The van der Waals surface area contributed by atoms with Gasteiger partial charge in [-0.05, 0) is 12.3 Å². The molecule has 0 atom stereocenters. The predicted octanol–water partition coefficient (Wildman–Crippen LogP) is 1.03. The van der Waals surface area contributed by atoms with Crippen molar-refractivity contribution in [3.63, 3.8) is 0 Å². The Bertz CT molecular complexity index is 208. The van der Waals surface area contributed by atoms with Crippen LogP contribution in [0, 0.1) is 5.92 Å². The van der Waals surface area contributed by atoms with Gasteiger partial charge in [0.05, 0.1) is 19.5 Å². The maximum Gasteiger partial charge on any atom is 0.264 e. The lowest BCUT2D eigenvalue weighted by molar-refractivity contribution is 0.0947. The quantitative estimate of drug-likeness (QED) is 0.465. The number of ether oxygens (including phenoxy) is 1. The van der Waals surface area contributed by atoms with Gasteiger partial charge in [-0.15, -0.1) is 0 Å². The van der Waals surface area contributed by atoms with E-state index in [4.69, 9.17) is 4.74 Å². The molecule has 0 heterocycles. The second-order valence-corrected chi connectivity index (χ2v) is 4.96. The van der Waals surface area contributed by atoms with Gasteiger partial charge >= 0.3 is 0 Å². The molecule has 0 amide bonds. The molecule has 0 bridgehead atoms. The van der Waals surface area contributed by atoms with E-state index in [1.807, 2.05) is 0 Å². The lowest BCUT2D eigenvalue weighted by Crippen LogP contribution is -2.10. The molecule has 0 spiro atoms. The van der Waals surface area contributed by atoms with Gasteiger partial charge in [-0.25, -0.2) is 0 Å². The van der Waals surface area contributed by atoms with Gasteiger partial charge in [-0.3, -0.25) is 4.18 Å². The van der Waals surface area contributed by atoms with Crippen molar-refractivity contribution >= 4 is 10.1 Å². The smallest absolute Gasteiger partial charge is 0.264 e. The van der Waals surface area contributed by atoms with Crippen molar-refractivity contribution in [2.24, 2.45) is 5.92 Å². The molecule has 0 N–H and O–H groups in total. The zero-order valence-corrected chi connectivity index (χ0v) is 9.26. The first-order chi connectivity index (χ1) is 5.92. The van der Waals surface area contributed by atoms with Crippen molar-refractivity contribution in [2.45, 2.75) is 20.3 Å². The van der Waals surface area contributed by atoms with E-state index in [0.717, 1.165) is 12.7 Å². The van der Waals surface area contributed by atoms with Crippen LogP contribution in [0.15, 0.2) is 0 Å². The molecule has 0 aliphatic heterocycles. The van der Waals surface area contributed by atoms with Crippen molar-refractivity contribution in [1.82, 2.24) is 0 Å². The molecule has 0 radical (unpaired) electrons. The van der Waals surface area contributed by atoms with E-state index in [0.29, 0.717) is 19.1 Å². The summed E-state index contributed by atoms with van der Waals surface area (Å²) >= 11 is 0. The zero-order valence-electron chi connectivity index (χ0n) is 8.45. The highest BCUT2D eigenvalue weighted by Crippen LogP contribution is 1.98. The van der Waals surface area contributed by atoms with Crippen LogP contribution in [0.5, 0.6) is 0 Å². The maximum absolute atomic E-state index is 10.5. The summed E-state index contributed by atoms with van der Waals surface area (Å²) in [5.74, 6) is 0.607. The standard InChI is InChI=1S/C8H18O4S/c1-8(2)4-5-11-6-7-12-13(3,9)10/h8H,4-7H2,1-3H3. The van der Waals surface area contributed by atoms with Crippen molar-refractivity contribution in [2.75, 3.05) is 26.1 Å². The summed E-state index contributed by atoms with van der Waals surface area (Å²) in [6, 6.07) is 0. The minimum atomic E-state index is -3.31. The Balaban J connectivity index is 3.18. The Morgan fingerprint density at radius 3 is 2.23 bits per heavy atom. The van der Waals surface area contributed by atoms with Gasteiger partial charge in [0.1, 0.15) is 0 Å². The second kappa shape index (κ2) is 6.34. The normalized spacial score (nSPS) is 12.3. The van der Waals surface area contributed by atoms with Gasteiger partial charge in [-0.2, -0.15) is 8.42 Å². The van der Waals surface area contributed by atoms with Crippen molar-refractivity contribution in [3.8, 4) is 0 Å². The van der Waals surface area contributed by atoms with Crippen LogP contribution in [0.4, 0.5) is 0 Å². The molecule has 0 aromatic carbocycles. The Morgan fingerprint density at radius 2 is 1.77 bits per heavy atom. The third-order valence-electron chi connectivity index (χ3n) is 1.36. The molecule has 0 aromatic heterocycles. The maximum atomic E-state index is 10.5. The van der Waals surface area contributed by atoms with Crippen LogP contribution in [0.2, 0.25) is 0 Å². The second-order valence-electron chi connectivity index (χ2n) is 3.32. The van der Waals surface area contributed by atoms with Crippen LogP contribution in [0.1, 0.15) is 20.3 Å². The summed E-state index contributed by atoms with van der Waals surface area (Å²) in [6.07, 6.45) is 2.01. The van der Waals surface area contributed by atoms with Crippen LogP contribution in [0.25, 0.3) is 0 Å². The molecule has 0 fully saturated rings. The molecular weight excluding hydrogens is 192 g/mol. The Kier molecular flexibility index (Phi) is 6.28. The van der Waals surface area contributed by atoms with Gasteiger partial charge < -0.3 is 4.74 Å². The molecule has 0 aliphatic rings. The third kappa shape index (κ3) is 11.9. The monoisotopic (exact) mass is 210 g/mol. The van der Waals surface area contributed by atoms with Crippen LogP contribution in [-0.4, -0.2) is 34.5 Å². The van der Waals surface area contributed by atoms with Crippen molar-refractivity contribution in [3.05, 3.63) is 0 Å². The average molecular weight is 210 g/mol. The fraction of sp³-hybridized carbons (Fsp3) is 1.00. The number of rotatable bonds is 7. The first-order valence-electron chi connectivity index (χ1n) is 4.34.